The number of ether oxygens (including phenoxy) is 2. The van der Waals surface area contributed by atoms with Crippen molar-refractivity contribution >= 4 is 213 Å². The minimum atomic E-state index is -1.15. The second-order valence-corrected chi connectivity index (χ2v) is 25.4. The van der Waals surface area contributed by atoms with Crippen molar-refractivity contribution in [2.45, 2.75) is 14.9 Å². The molecule has 0 saturated heterocycles. The standard InChI is InChI=1S/C9H13N3O2S.C8H10N2O3S.C6H5NO4S.2CH4.BI3.BI2.BI/c1-11(2)8(13)6-5-15-7(10-6)9(14)12(3)4;1-10(2)7(11)5-4-14-6(9-5)8(12)13-3;1-11-6(10)4-7-3(2-12-4)5(8)9;;;2-1(3)4;2-1-3;1-2/h5H,1-4H3;4H,1-3H3;2H,1H3,(H,8,9);2*1H4;;;. The van der Waals surface area contributed by atoms with Gasteiger partial charge >= 0.3 is 18.2 Å². The molecule has 0 bridgehead atoms. The Morgan fingerprint density at radius 3 is 1.15 bits per heavy atom. The Morgan fingerprint density at radius 1 is 0.654 bits per heavy atom. The second kappa shape index (κ2) is 35.7. The molecule has 0 aliphatic rings. The molecule has 3 rings (SSSR count). The van der Waals surface area contributed by atoms with Crippen LogP contribution in [0.15, 0.2) is 16.1 Å². The summed E-state index contributed by atoms with van der Waals surface area (Å²) in [7, 11) is 12.3. The zero-order chi connectivity index (χ0) is 39.7. The molecule has 3 aromatic rings. The van der Waals surface area contributed by atoms with Gasteiger partial charge in [-0.15, -0.1) is 146 Å². The van der Waals surface area contributed by atoms with Crippen molar-refractivity contribution in [2.75, 3.05) is 56.5 Å². The van der Waals surface area contributed by atoms with Crippen LogP contribution in [0.2, 0.25) is 0 Å². The van der Waals surface area contributed by atoms with E-state index in [0.717, 1.165) is 23.0 Å². The van der Waals surface area contributed by atoms with Gasteiger partial charge in [-0.1, -0.05) is 14.9 Å². The molecule has 3 aromatic heterocycles. The first-order valence-corrected chi connectivity index (χ1v) is 22.5. The van der Waals surface area contributed by atoms with Crippen LogP contribution in [0.25, 0.3) is 0 Å². The minimum Gasteiger partial charge on any atom is -0.476 e. The van der Waals surface area contributed by atoms with Crippen LogP contribution < -0.4 is 0 Å². The van der Waals surface area contributed by atoms with Gasteiger partial charge in [-0.3, -0.25) is 14.4 Å². The number of methoxy groups -OCH3 is 2. The number of esters is 2. The zero-order valence-electron chi connectivity index (χ0n) is 27.4. The molecule has 0 aliphatic carbocycles. The van der Waals surface area contributed by atoms with E-state index in [1.165, 1.54) is 51.0 Å². The molecular weight excluding hydrogens is 1420 g/mol. The molecule has 0 aliphatic heterocycles. The Kier molecular flexibility index (Phi) is 42.2. The molecule has 0 spiro atoms. The molecule has 27 heteroatoms. The van der Waals surface area contributed by atoms with Gasteiger partial charge in [-0.2, -0.15) is 22.4 Å². The predicted octanol–water partition coefficient (Wildman–Crippen LogP) is 7.25. The summed E-state index contributed by atoms with van der Waals surface area (Å²) in [4.78, 5) is 82.1. The molecule has 0 saturated carbocycles. The van der Waals surface area contributed by atoms with E-state index in [-0.39, 0.29) is 54.0 Å². The maximum Gasteiger partial charge on any atom is 0.367 e. The molecule has 3 amide bonds. The number of thiazole rings is 3. The number of carboxylic acids is 1. The van der Waals surface area contributed by atoms with Gasteiger partial charge in [0, 0.05) is 58.4 Å². The lowest BCUT2D eigenvalue weighted by atomic mass is 10.4. The maximum atomic E-state index is 11.5. The summed E-state index contributed by atoms with van der Waals surface area (Å²) < 4.78 is 11.5. The fourth-order valence-corrected chi connectivity index (χ4v) is 4.45. The van der Waals surface area contributed by atoms with Gasteiger partial charge in [-0.25, -0.2) is 29.3 Å². The van der Waals surface area contributed by atoms with Crippen molar-refractivity contribution in [2.24, 2.45) is 0 Å². The molecule has 15 nitrogen and oxygen atoms in total. The second-order valence-electron chi connectivity index (χ2n) is 8.33. The molecule has 0 aromatic carbocycles. The van der Waals surface area contributed by atoms with Gasteiger partial charge in [0.1, 0.15) is 11.4 Å². The van der Waals surface area contributed by atoms with Crippen LogP contribution >= 0.6 is 168 Å². The molecule has 0 fully saturated rings. The highest BCUT2D eigenvalue weighted by molar-refractivity contribution is 14.4. The molecule has 52 heavy (non-hydrogen) atoms. The van der Waals surface area contributed by atoms with Crippen LogP contribution in [-0.4, -0.2) is 136 Å². The minimum absolute atomic E-state index is 0. The molecule has 3 radical (unpaired) electrons. The lowest BCUT2D eigenvalue weighted by Gasteiger charge is -2.07. The van der Waals surface area contributed by atoms with Crippen LogP contribution in [0, 0.1) is 0 Å². The van der Waals surface area contributed by atoms with E-state index in [1.54, 1.807) is 70.0 Å². The fourth-order valence-electron chi connectivity index (χ4n) is 2.23. The van der Waals surface area contributed by atoms with E-state index < -0.39 is 17.9 Å². The fraction of sp³-hybridized carbons (Fsp3) is 0.400. The number of halogens is 6. The van der Waals surface area contributed by atoms with E-state index in [0.29, 0.717) is 10.7 Å². The van der Waals surface area contributed by atoms with Crippen molar-refractivity contribution in [1.29, 1.82) is 0 Å². The topological polar surface area (TPSA) is 189 Å². The third-order valence-corrected chi connectivity index (χ3v) is 6.77. The van der Waals surface area contributed by atoms with Gasteiger partial charge in [-0.05, 0) is 0 Å². The van der Waals surface area contributed by atoms with Crippen LogP contribution in [0.3, 0.4) is 0 Å². The highest BCUT2D eigenvalue weighted by atomic mass is 127. The number of aromatic carboxylic acids is 1. The highest BCUT2D eigenvalue weighted by Gasteiger charge is 2.18. The zero-order valence-corrected chi connectivity index (χ0v) is 42.7. The lowest BCUT2D eigenvalue weighted by molar-refractivity contribution is 0.0590. The molecular formula is C25H36B3I6N6O9S3. The van der Waals surface area contributed by atoms with E-state index >= 15 is 0 Å². The monoisotopic (exact) mass is 1450 g/mol. The summed E-state index contributed by atoms with van der Waals surface area (Å²) in [6, 6.07) is 0. The summed E-state index contributed by atoms with van der Waals surface area (Å²) in [5, 5.41) is 13.4. The number of nitrogens with zero attached hydrogens (tertiary/aromatic N) is 6. The van der Waals surface area contributed by atoms with Crippen LogP contribution in [-0.2, 0) is 9.47 Å². The van der Waals surface area contributed by atoms with Gasteiger partial charge in [0.25, 0.3) is 20.7 Å². The van der Waals surface area contributed by atoms with Crippen molar-refractivity contribution in [3.05, 3.63) is 48.2 Å². The van der Waals surface area contributed by atoms with Crippen LogP contribution in [0.4, 0.5) is 0 Å². The predicted molar refractivity (Wildman–Crippen MR) is 265 cm³/mol. The molecule has 0 atom stereocenters. The SMILES string of the molecule is C.C.CN(C)C(=O)c1csc(C(=O)N(C)C)n1.COC(=O)c1nc(C(=O)N(C)C)cs1.COC(=O)c1nc(C(=O)O)cs1.IB(I)I.I[B]I.[B]I. The first-order valence-electron chi connectivity index (χ1n) is 12.4. The summed E-state index contributed by atoms with van der Waals surface area (Å²) >= 11 is 16.1. The normalized spacial score (nSPS) is 8.50. The number of carbonyl (C=O) groups excluding carboxylic acids is 5. The smallest absolute Gasteiger partial charge is 0.367 e. The average Bonchev–Trinajstić information content (AvgIpc) is 3.86. The van der Waals surface area contributed by atoms with Gasteiger partial charge in [0.05, 0.1) is 14.2 Å². The van der Waals surface area contributed by atoms with Crippen molar-refractivity contribution in [3.8, 4) is 0 Å². The summed E-state index contributed by atoms with van der Waals surface area (Å²) in [5.41, 5.74) is 4.91. The number of carbonyl (C=O) groups is 6. The summed E-state index contributed by atoms with van der Waals surface area (Å²) in [5.74, 6) is -2.89. The van der Waals surface area contributed by atoms with Gasteiger partial charge < -0.3 is 29.3 Å². The maximum absolute atomic E-state index is 11.5. The van der Waals surface area contributed by atoms with Crippen molar-refractivity contribution < 1.29 is 43.3 Å². The number of aromatic nitrogens is 3. The van der Waals surface area contributed by atoms with E-state index in [2.05, 4.69) is 142 Å². The summed E-state index contributed by atoms with van der Waals surface area (Å²) in [6.07, 6.45) is 0. The first-order chi connectivity index (χ1) is 23.3. The lowest BCUT2D eigenvalue weighted by Crippen LogP contribution is -2.24. The quantitative estimate of drug-likeness (QED) is 0.148. The Bertz CT molecular complexity index is 1470. The van der Waals surface area contributed by atoms with E-state index in [9.17, 15) is 28.8 Å². The Labute approximate surface area is 399 Å². The number of hydrogen-bond acceptors (Lipinski definition) is 14. The molecule has 3 heterocycles. The number of carboxylic acid groups (broad SMARTS) is 1. The van der Waals surface area contributed by atoms with Crippen molar-refractivity contribution in [1.82, 2.24) is 29.7 Å². The van der Waals surface area contributed by atoms with Crippen LogP contribution in [0.5, 0.6) is 0 Å². The van der Waals surface area contributed by atoms with E-state index in [1.807, 2.05) is 2.99 Å². The highest BCUT2D eigenvalue weighted by Crippen LogP contribution is 2.14. The average molecular weight is 1450 g/mol. The molecule has 0 unspecified atom stereocenters. The Morgan fingerprint density at radius 2 is 0.904 bits per heavy atom. The Hall–Kier alpha value is 0.285. The number of rotatable bonds is 6. The molecule has 1 N–H and O–H groups in total. The molecule has 289 valence electrons. The van der Waals surface area contributed by atoms with E-state index in [4.69, 9.17) is 5.11 Å². The van der Waals surface area contributed by atoms with Gasteiger partial charge in [0.2, 0.25) is 10.0 Å². The van der Waals surface area contributed by atoms with Crippen molar-refractivity contribution in [3.63, 3.8) is 0 Å². The summed E-state index contributed by atoms with van der Waals surface area (Å²) in [6.45, 7) is 0. The third-order valence-electron chi connectivity index (χ3n) is 4.29. The first kappa shape index (κ1) is 61.5. The third kappa shape index (κ3) is 27.0. The number of amides is 3. The van der Waals surface area contributed by atoms with Crippen LogP contribution in [0.1, 0.15) is 75.7 Å². The Balaban J connectivity index is -0.000000188. The van der Waals surface area contributed by atoms with Gasteiger partial charge in [0.15, 0.2) is 16.4 Å². The largest absolute Gasteiger partial charge is 0.476 e. The number of hydrogen-bond donors (Lipinski definition) is 1.